The third kappa shape index (κ3) is 6.42. The Morgan fingerprint density at radius 1 is 1.15 bits per heavy atom. The molecular weight excluding hydrogens is 454 g/mol. The van der Waals surface area contributed by atoms with Gasteiger partial charge in [-0.15, -0.1) is 11.3 Å². The molecule has 3 aromatic rings. The third-order valence-corrected chi connectivity index (χ3v) is 6.14. The van der Waals surface area contributed by atoms with Crippen molar-refractivity contribution in [2.24, 2.45) is 0 Å². The summed E-state index contributed by atoms with van der Waals surface area (Å²) in [5, 5.41) is 12.5. The predicted molar refractivity (Wildman–Crippen MR) is 133 cm³/mol. The molecule has 0 unspecified atom stereocenters. The van der Waals surface area contributed by atoms with E-state index in [0.29, 0.717) is 47.9 Å². The molecule has 1 fully saturated rings. The summed E-state index contributed by atoms with van der Waals surface area (Å²) in [5.74, 6) is 0.870. The quantitative estimate of drug-likeness (QED) is 0.280. The topological polar surface area (TPSA) is 143 Å². The van der Waals surface area contributed by atoms with E-state index < -0.39 is 0 Å². The number of urea groups is 1. The number of rotatable bonds is 10. The molecule has 6 N–H and O–H groups in total. The smallest absolute Gasteiger partial charge is 0.319 e. The number of ether oxygens (including phenoxy) is 1. The first-order chi connectivity index (χ1) is 16.5. The first-order valence-electron chi connectivity index (χ1n) is 10.9. The summed E-state index contributed by atoms with van der Waals surface area (Å²) in [6.45, 7) is 1.21. The van der Waals surface area contributed by atoms with Crippen LogP contribution in [0.4, 0.5) is 22.1 Å². The van der Waals surface area contributed by atoms with Crippen molar-refractivity contribution in [1.82, 2.24) is 20.6 Å². The molecule has 34 heavy (non-hydrogen) atoms. The van der Waals surface area contributed by atoms with Crippen LogP contribution < -0.4 is 27.0 Å². The molecule has 2 aromatic heterocycles. The number of hydrogen-bond donors (Lipinski definition) is 5. The van der Waals surface area contributed by atoms with Gasteiger partial charge in [0.15, 0.2) is 5.82 Å². The fourth-order valence-corrected chi connectivity index (χ4v) is 4.01. The monoisotopic (exact) mass is 481 g/mol. The minimum atomic E-state index is -0.329. The molecule has 2 heterocycles. The third-order valence-electron chi connectivity index (χ3n) is 5.03. The number of aromatic nitrogens is 2. The lowest BCUT2D eigenvalue weighted by atomic mass is 10.2. The van der Waals surface area contributed by atoms with E-state index in [1.165, 1.54) is 11.3 Å². The van der Waals surface area contributed by atoms with Crippen molar-refractivity contribution in [3.8, 4) is 10.6 Å². The molecule has 11 heteroatoms. The Kier molecular flexibility index (Phi) is 7.55. The summed E-state index contributed by atoms with van der Waals surface area (Å²) >= 11 is 1.33. The average molecular weight is 482 g/mol. The Morgan fingerprint density at radius 3 is 2.62 bits per heavy atom. The van der Waals surface area contributed by atoms with Crippen LogP contribution in [0.15, 0.2) is 42.6 Å². The summed E-state index contributed by atoms with van der Waals surface area (Å²) in [6.07, 6.45) is 3.78. The first-order valence-corrected chi connectivity index (χ1v) is 11.7. The maximum Gasteiger partial charge on any atom is 0.319 e. The lowest BCUT2D eigenvalue weighted by molar-refractivity contribution is 0.0941. The number of amides is 3. The number of pyridine rings is 1. The standard InChI is InChI=1S/C23H27N7O3S/c1-33-11-10-25-21(31)19-20(28-16-7-8-16)30-22(34-19)15-3-5-17(6-4-15)29-23(32)27-13-14-2-9-18(24)26-12-14/h2-6,9,12,16,28H,7-8,10-11,13H2,1H3,(H2,24,26)(H,25,31)(H2,27,29,32). The first kappa shape index (κ1) is 23.5. The molecule has 1 aromatic carbocycles. The van der Waals surface area contributed by atoms with Gasteiger partial charge in [-0.05, 0) is 48.7 Å². The molecule has 0 spiro atoms. The van der Waals surface area contributed by atoms with E-state index in [0.717, 1.165) is 29.0 Å². The van der Waals surface area contributed by atoms with E-state index in [9.17, 15) is 9.59 Å². The van der Waals surface area contributed by atoms with Gasteiger partial charge in [0.25, 0.3) is 5.91 Å². The number of benzene rings is 1. The van der Waals surface area contributed by atoms with Crippen molar-refractivity contribution in [3.05, 3.63) is 53.0 Å². The number of nitrogen functional groups attached to an aromatic ring is 1. The number of carbonyl (C=O) groups excluding carboxylic acids is 2. The van der Waals surface area contributed by atoms with Crippen molar-refractivity contribution < 1.29 is 14.3 Å². The second-order valence-electron chi connectivity index (χ2n) is 7.84. The van der Waals surface area contributed by atoms with Gasteiger partial charge in [0.2, 0.25) is 0 Å². The van der Waals surface area contributed by atoms with Gasteiger partial charge in [-0.3, -0.25) is 4.79 Å². The zero-order valence-corrected chi connectivity index (χ0v) is 19.6. The van der Waals surface area contributed by atoms with Gasteiger partial charge in [0, 0.05) is 43.7 Å². The van der Waals surface area contributed by atoms with Gasteiger partial charge in [0.05, 0.1) is 6.61 Å². The molecule has 0 atom stereocenters. The molecule has 1 saturated carbocycles. The molecule has 0 saturated heterocycles. The Morgan fingerprint density at radius 2 is 1.94 bits per heavy atom. The minimum Gasteiger partial charge on any atom is -0.384 e. The summed E-state index contributed by atoms with van der Waals surface area (Å²) < 4.78 is 5.00. The molecule has 0 aliphatic heterocycles. The van der Waals surface area contributed by atoms with Crippen LogP contribution in [0.2, 0.25) is 0 Å². The SMILES string of the molecule is COCCNC(=O)c1sc(-c2ccc(NC(=O)NCc3ccc(N)nc3)cc2)nc1NC1CC1. The number of hydrogen-bond acceptors (Lipinski definition) is 8. The van der Waals surface area contributed by atoms with Crippen molar-refractivity contribution in [2.75, 3.05) is 36.6 Å². The number of carbonyl (C=O) groups is 2. The highest BCUT2D eigenvalue weighted by molar-refractivity contribution is 7.17. The maximum atomic E-state index is 12.6. The van der Waals surface area contributed by atoms with Crippen LogP contribution >= 0.6 is 11.3 Å². The molecule has 178 valence electrons. The van der Waals surface area contributed by atoms with Crippen molar-refractivity contribution in [2.45, 2.75) is 25.4 Å². The van der Waals surface area contributed by atoms with E-state index in [1.54, 1.807) is 31.5 Å². The lowest BCUT2D eigenvalue weighted by Crippen LogP contribution is -2.28. The number of methoxy groups -OCH3 is 1. The fourth-order valence-electron chi connectivity index (χ4n) is 3.06. The number of nitrogens with two attached hydrogens (primary N) is 1. The van der Waals surface area contributed by atoms with Crippen LogP contribution in [-0.4, -0.2) is 48.2 Å². The van der Waals surface area contributed by atoms with Crippen LogP contribution in [0, 0.1) is 0 Å². The van der Waals surface area contributed by atoms with Crippen LogP contribution in [0.25, 0.3) is 10.6 Å². The van der Waals surface area contributed by atoms with Gasteiger partial charge >= 0.3 is 6.03 Å². The van der Waals surface area contributed by atoms with Crippen LogP contribution in [0.5, 0.6) is 0 Å². The molecule has 1 aliphatic rings. The normalized spacial score (nSPS) is 12.7. The van der Waals surface area contributed by atoms with Crippen molar-refractivity contribution in [1.29, 1.82) is 0 Å². The largest absolute Gasteiger partial charge is 0.384 e. The Hall–Kier alpha value is -3.70. The Labute approximate surface area is 201 Å². The zero-order chi connectivity index (χ0) is 23.9. The van der Waals surface area contributed by atoms with Crippen LogP contribution in [0.1, 0.15) is 28.1 Å². The van der Waals surface area contributed by atoms with Crippen molar-refractivity contribution in [3.63, 3.8) is 0 Å². The van der Waals surface area contributed by atoms with Gasteiger partial charge < -0.3 is 31.7 Å². The Bertz CT molecular complexity index is 1130. The van der Waals surface area contributed by atoms with E-state index in [1.807, 2.05) is 18.2 Å². The minimum absolute atomic E-state index is 0.171. The number of nitrogens with one attached hydrogen (secondary N) is 4. The zero-order valence-electron chi connectivity index (χ0n) is 18.8. The lowest BCUT2D eigenvalue weighted by Gasteiger charge is -2.08. The molecule has 10 nitrogen and oxygen atoms in total. The summed E-state index contributed by atoms with van der Waals surface area (Å²) in [6, 6.07) is 10.9. The van der Waals surface area contributed by atoms with Gasteiger partial charge in [-0.2, -0.15) is 0 Å². The molecule has 0 bridgehead atoms. The summed E-state index contributed by atoms with van der Waals surface area (Å²) in [7, 11) is 1.59. The summed E-state index contributed by atoms with van der Waals surface area (Å²) in [4.78, 5) is 34.1. The summed E-state index contributed by atoms with van der Waals surface area (Å²) in [5.41, 5.74) is 7.92. The molecular formula is C23H27N7O3S. The molecule has 1 aliphatic carbocycles. The highest BCUT2D eigenvalue weighted by Gasteiger charge is 2.26. The second-order valence-corrected chi connectivity index (χ2v) is 8.84. The average Bonchev–Trinajstić information content (AvgIpc) is 3.55. The number of anilines is 3. The van der Waals surface area contributed by atoms with E-state index in [2.05, 4.69) is 31.2 Å². The van der Waals surface area contributed by atoms with E-state index >= 15 is 0 Å². The van der Waals surface area contributed by atoms with Crippen molar-refractivity contribution >= 4 is 40.6 Å². The maximum absolute atomic E-state index is 12.6. The number of thiazole rings is 1. The fraction of sp³-hybridized carbons (Fsp3) is 0.304. The van der Waals surface area contributed by atoms with Crippen LogP contribution in [-0.2, 0) is 11.3 Å². The predicted octanol–water partition coefficient (Wildman–Crippen LogP) is 3.06. The van der Waals surface area contributed by atoms with Crippen LogP contribution in [0.3, 0.4) is 0 Å². The number of nitrogens with zero attached hydrogens (tertiary/aromatic N) is 2. The van der Waals surface area contributed by atoms with Gasteiger partial charge in [-0.1, -0.05) is 6.07 Å². The van der Waals surface area contributed by atoms with E-state index in [-0.39, 0.29) is 11.9 Å². The highest BCUT2D eigenvalue weighted by Crippen LogP contribution is 2.34. The molecule has 3 amide bonds. The Balaban J connectivity index is 1.38. The highest BCUT2D eigenvalue weighted by atomic mass is 32.1. The van der Waals surface area contributed by atoms with Gasteiger partial charge in [-0.25, -0.2) is 14.8 Å². The van der Waals surface area contributed by atoms with E-state index in [4.69, 9.17) is 10.5 Å². The second kappa shape index (κ2) is 10.9. The van der Waals surface area contributed by atoms with Gasteiger partial charge in [0.1, 0.15) is 15.7 Å². The molecule has 0 radical (unpaired) electrons. The molecule has 4 rings (SSSR count).